The van der Waals surface area contributed by atoms with Gasteiger partial charge in [-0.25, -0.2) is 9.78 Å². The van der Waals surface area contributed by atoms with E-state index in [0.717, 1.165) is 74.4 Å². The van der Waals surface area contributed by atoms with Gasteiger partial charge < -0.3 is 19.3 Å². The Kier molecular flexibility index (Phi) is 7.28. The van der Waals surface area contributed by atoms with Crippen LogP contribution in [0.5, 0.6) is 11.6 Å². The second-order valence-electron chi connectivity index (χ2n) is 10.1. The van der Waals surface area contributed by atoms with Gasteiger partial charge in [-0.2, -0.15) is 4.98 Å². The van der Waals surface area contributed by atoms with E-state index in [1.54, 1.807) is 0 Å². The Morgan fingerprint density at radius 1 is 0.868 bits per heavy atom. The Bertz CT molecular complexity index is 1330. The lowest BCUT2D eigenvalue weighted by Gasteiger charge is -2.37. The molecule has 0 bridgehead atoms. The van der Waals surface area contributed by atoms with E-state index in [0.29, 0.717) is 28.7 Å². The quantitative estimate of drug-likeness (QED) is 0.282. The molecule has 5 rings (SSSR count). The summed E-state index contributed by atoms with van der Waals surface area (Å²) >= 11 is 0. The lowest BCUT2D eigenvalue weighted by atomic mass is 9.77. The Labute approximate surface area is 225 Å². The highest BCUT2D eigenvalue weighted by molar-refractivity contribution is 5.97. The van der Waals surface area contributed by atoms with Gasteiger partial charge in [-0.1, -0.05) is 44.9 Å². The Morgan fingerprint density at radius 3 is 2.26 bits per heavy atom. The summed E-state index contributed by atoms with van der Waals surface area (Å²) in [7, 11) is 0. The maximum absolute atomic E-state index is 13.2. The van der Waals surface area contributed by atoms with Crippen LogP contribution in [-0.4, -0.2) is 42.1 Å². The number of hydrogen-bond acceptors (Lipinski definition) is 7. The van der Waals surface area contributed by atoms with Crippen LogP contribution in [0.2, 0.25) is 0 Å². The highest BCUT2D eigenvalue weighted by Crippen LogP contribution is 2.57. The number of ether oxygens (including phenoxy) is 2. The second kappa shape index (κ2) is 10.6. The third-order valence-electron chi connectivity index (χ3n) is 7.69. The van der Waals surface area contributed by atoms with Crippen molar-refractivity contribution in [1.29, 1.82) is 0 Å². The molecule has 0 amide bonds. The maximum atomic E-state index is 13.2. The van der Waals surface area contributed by atoms with Crippen molar-refractivity contribution in [1.82, 2.24) is 9.97 Å². The number of carbonyl (C=O) groups is 1. The highest BCUT2D eigenvalue weighted by atomic mass is 16.6. The zero-order valence-electron chi connectivity index (χ0n) is 23.2. The topological polar surface area (TPSA) is 67.8 Å². The van der Waals surface area contributed by atoms with E-state index in [-0.39, 0.29) is 5.97 Å². The maximum Gasteiger partial charge on any atom is 0.340 e. The molecule has 1 spiro atoms. The van der Waals surface area contributed by atoms with Crippen LogP contribution in [0, 0.1) is 6.92 Å². The fraction of sp³-hybridized carbons (Fsp3) is 0.452. The normalized spacial score (nSPS) is 16.9. The summed E-state index contributed by atoms with van der Waals surface area (Å²) in [5, 5.41) is 0. The fourth-order valence-electron chi connectivity index (χ4n) is 5.68. The van der Waals surface area contributed by atoms with E-state index >= 15 is 0 Å². The molecule has 7 nitrogen and oxygen atoms in total. The summed E-state index contributed by atoms with van der Waals surface area (Å²) in [6, 6.07) is 13.8. The number of nitrogens with zero attached hydrogens (tertiary/aromatic N) is 4. The minimum Gasteiger partial charge on any atom is -0.440 e. The molecular weight excluding hydrogens is 476 g/mol. The Balaban J connectivity index is 1.72. The van der Waals surface area contributed by atoms with E-state index in [1.165, 1.54) is 0 Å². The Hall–Kier alpha value is -3.61. The van der Waals surface area contributed by atoms with Crippen molar-refractivity contribution < 1.29 is 14.3 Å². The third kappa shape index (κ3) is 4.18. The molecule has 200 valence electrons. The molecule has 2 aliphatic heterocycles. The highest BCUT2D eigenvalue weighted by Gasteiger charge is 2.55. The smallest absolute Gasteiger partial charge is 0.340 e. The molecule has 7 heteroatoms. The number of anilines is 2. The molecule has 2 aliphatic rings. The average molecular weight is 515 g/mol. The summed E-state index contributed by atoms with van der Waals surface area (Å²) < 4.78 is 12.9. The van der Waals surface area contributed by atoms with Crippen molar-refractivity contribution in [3.8, 4) is 11.6 Å². The number of hydrogen-bond donors (Lipinski definition) is 0. The molecule has 0 radical (unpaired) electrons. The molecule has 0 saturated heterocycles. The molecule has 38 heavy (non-hydrogen) atoms. The molecule has 3 aromatic rings. The lowest BCUT2D eigenvalue weighted by molar-refractivity contribution is 0.0218. The molecule has 0 fully saturated rings. The van der Waals surface area contributed by atoms with Crippen LogP contribution in [0.1, 0.15) is 86.1 Å². The van der Waals surface area contributed by atoms with Crippen LogP contribution >= 0.6 is 0 Å². The zero-order chi connectivity index (χ0) is 26.9. The number of esters is 1. The van der Waals surface area contributed by atoms with Crippen LogP contribution < -0.4 is 14.5 Å². The van der Waals surface area contributed by atoms with Gasteiger partial charge in [-0.3, -0.25) is 0 Å². The van der Waals surface area contributed by atoms with E-state index in [1.807, 2.05) is 43.3 Å². The van der Waals surface area contributed by atoms with Gasteiger partial charge in [0.1, 0.15) is 5.75 Å². The summed E-state index contributed by atoms with van der Waals surface area (Å²) in [5.41, 5.74) is 3.53. The van der Waals surface area contributed by atoms with Gasteiger partial charge in [-0.15, -0.1) is 0 Å². The summed E-state index contributed by atoms with van der Waals surface area (Å²) in [6.07, 6.45) is 4.32. The number of rotatable bonds is 10. The standard InChI is InChI=1S/C31H38N4O3/c1-6-10-18-35(19-11-7-2)30-32-21(5)27-28(33-30)37-26-20-22(34(8-3)9-4)16-17-25(26)31(27)24-15-13-12-14-23(24)29(36)38-31/h12-17,20H,6-11,18-19H2,1-5H3. The van der Waals surface area contributed by atoms with Gasteiger partial charge in [0.15, 0.2) is 5.60 Å². The molecule has 1 aromatic heterocycles. The second-order valence-corrected chi connectivity index (χ2v) is 10.1. The summed E-state index contributed by atoms with van der Waals surface area (Å²) in [4.78, 5) is 27.7. The first-order chi connectivity index (χ1) is 18.5. The molecule has 0 aliphatic carbocycles. The van der Waals surface area contributed by atoms with E-state index < -0.39 is 5.60 Å². The number of aromatic nitrogens is 2. The van der Waals surface area contributed by atoms with Gasteiger partial charge >= 0.3 is 5.97 Å². The number of benzene rings is 2. The zero-order valence-corrected chi connectivity index (χ0v) is 23.2. The first kappa shape index (κ1) is 26.0. The van der Waals surface area contributed by atoms with Crippen molar-refractivity contribution in [2.24, 2.45) is 0 Å². The lowest BCUT2D eigenvalue weighted by Crippen LogP contribution is -2.36. The van der Waals surface area contributed by atoms with Crippen molar-refractivity contribution in [2.75, 3.05) is 36.0 Å². The minimum absolute atomic E-state index is 0.344. The predicted molar refractivity (Wildman–Crippen MR) is 151 cm³/mol. The number of fused-ring (bicyclic) bond motifs is 6. The molecule has 0 saturated carbocycles. The summed E-state index contributed by atoms with van der Waals surface area (Å²) in [6.45, 7) is 14.2. The van der Waals surface area contributed by atoms with Crippen LogP contribution in [0.4, 0.5) is 11.6 Å². The van der Waals surface area contributed by atoms with Crippen LogP contribution in [0.15, 0.2) is 42.5 Å². The summed E-state index contributed by atoms with van der Waals surface area (Å²) in [5.74, 6) is 1.44. The van der Waals surface area contributed by atoms with E-state index in [2.05, 4.69) is 43.6 Å². The van der Waals surface area contributed by atoms with Gasteiger partial charge in [0, 0.05) is 49.1 Å². The SMILES string of the molecule is CCCCN(CCCC)c1nc(C)c2c(n1)Oc1cc(N(CC)CC)ccc1C21OC(=O)c2ccccc21. The molecule has 0 N–H and O–H groups in total. The van der Waals surface area contributed by atoms with E-state index in [4.69, 9.17) is 19.4 Å². The molecule has 3 heterocycles. The average Bonchev–Trinajstić information content (AvgIpc) is 3.21. The monoisotopic (exact) mass is 514 g/mol. The molecular formula is C31H38N4O3. The van der Waals surface area contributed by atoms with Crippen LogP contribution in [0.25, 0.3) is 0 Å². The first-order valence-electron chi connectivity index (χ1n) is 14.0. The van der Waals surface area contributed by atoms with Gasteiger partial charge in [-0.05, 0) is 51.8 Å². The number of unbranched alkanes of at least 4 members (excludes halogenated alkanes) is 2. The van der Waals surface area contributed by atoms with Gasteiger partial charge in [0.25, 0.3) is 0 Å². The van der Waals surface area contributed by atoms with Gasteiger partial charge in [0.05, 0.1) is 16.8 Å². The largest absolute Gasteiger partial charge is 0.440 e. The van der Waals surface area contributed by atoms with Crippen LogP contribution in [-0.2, 0) is 10.3 Å². The Morgan fingerprint density at radius 2 is 1.58 bits per heavy atom. The molecule has 1 unspecified atom stereocenters. The van der Waals surface area contributed by atoms with Gasteiger partial charge in [0.2, 0.25) is 11.8 Å². The molecule has 2 aromatic carbocycles. The van der Waals surface area contributed by atoms with Crippen LogP contribution in [0.3, 0.4) is 0 Å². The number of aryl methyl sites for hydroxylation is 1. The minimum atomic E-state index is -1.15. The van der Waals surface area contributed by atoms with Crippen molar-refractivity contribution in [2.45, 2.75) is 65.9 Å². The third-order valence-corrected chi connectivity index (χ3v) is 7.69. The first-order valence-corrected chi connectivity index (χ1v) is 14.0. The fourth-order valence-corrected chi connectivity index (χ4v) is 5.68. The van der Waals surface area contributed by atoms with Crippen molar-refractivity contribution in [3.63, 3.8) is 0 Å². The molecule has 1 atom stereocenters. The van der Waals surface area contributed by atoms with Crippen molar-refractivity contribution >= 4 is 17.6 Å². The predicted octanol–water partition coefficient (Wildman–Crippen LogP) is 6.61. The van der Waals surface area contributed by atoms with E-state index in [9.17, 15) is 4.79 Å². The van der Waals surface area contributed by atoms with Crippen molar-refractivity contribution in [3.05, 3.63) is 70.4 Å². The number of carbonyl (C=O) groups excluding carboxylic acids is 1.